The van der Waals surface area contributed by atoms with Crippen molar-refractivity contribution in [2.24, 2.45) is 11.7 Å². The Morgan fingerprint density at radius 2 is 2.00 bits per heavy atom. The van der Waals surface area contributed by atoms with E-state index in [4.69, 9.17) is 17.3 Å². The third kappa shape index (κ3) is 4.31. The number of hydrogen-bond acceptors (Lipinski definition) is 2. The van der Waals surface area contributed by atoms with Gasteiger partial charge in [0.05, 0.1) is 12.0 Å². The number of nitrogens with two attached hydrogens (primary N) is 1. The summed E-state index contributed by atoms with van der Waals surface area (Å²) in [5.74, 6) is -0.0634. The van der Waals surface area contributed by atoms with Gasteiger partial charge < -0.3 is 11.1 Å². The van der Waals surface area contributed by atoms with Gasteiger partial charge in [-0.1, -0.05) is 37.1 Å². The molecule has 1 aromatic rings. The summed E-state index contributed by atoms with van der Waals surface area (Å²) in [6.45, 7) is 4.41. The van der Waals surface area contributed by atoms with Gasteiger partial charge in [0, 0.05) is 11.6 Å². The molecular weight excluding hydrogens is 248 g/mol. The van der Waals surface area contributed by atoms with Crippen LogP contribution in [-0.2, 0) is 4.79 Å². The Labute approximate surface area is 114 Å². The van der Waals surface area contributed by atoms with Crippen LogP contribution in [0.5, 0.6) is 0 Å². The van der Waals surface area contributed by atoms with E-state index in [2.05, 4.69) is 12.2 Å². The van der Waals surface area contributed by atoms with Crippen LogP contribution in [0.2, 0.25) is 5.02 Å². The smallest absolute Gasteiger partial charge is 0.224 e. The zero-order valence-corrected chi connectivity index (χ0v) is 11.7. The second-order valence-electron chi connectivity index (χ2n) is 4.50. The topological polar surface area (TPSA) is 55.1 Å². The number of rotatable bonds is 6. The van der Waals surface area contributed by atoms with Crippen LogP contribution in [0.4, 0.5) is 0 Å². The average molecular weight is 269 g/mol. The number of carbonyl (C=O) groups is 1. The molecule has 0 saturated carbocycles. The molecule has 1 amide bonds. The molecule has 18 heavy (non-hydrogen) atoms. The quantitative estimate of drug-likeness (QED) is 0.834. The van der Waals surface area contributed by atoms with Gasteiger partial charge in [0.15, 0.2) is 0 Å². The molecule has 0 bridgehead atoms. The highest BCUT2D eigenvalue weighted by molar-refractivity contribution is 6.30. The third-order valence-corrected chi connectivity index (χ3v) is 3.27. The first-order chi connectivity index (χ1) is 8.58. The zero-order valence-electron chi connectivity index (χ0n) is 10.9. The van der Waals surface area contributed by atoms with Gasteiger partial charge in [-0.2, -0.15) is 0 Å². The van der Waals surface area contributed by atoms with Gasteiger partial charge in [0.25, 0.3) is 0 Å². The largest absolute Gasteiger partial charge is 0.349 e. The Bertz CT molecular complexity index is 378. The minimum Gasteiger partial charge on any atom is -0.349 e. The SMILES string of the molecule is CCCC(CN)C(=O)N[C@@H](C)c1ccc(Cl)cc1. The van der Waals surface area contributed by atoms with Gasteiger partial charge in [-0.25, -0.2) is 0 Å². The molecule has 0 aliphatic heterocycles. The van der Waals surface area contributed by atoms with Crippen molar-refractivity contribution in [2.75, 3.05) is 6.54 Å². The minimum atomic E-state index is -0.0928. The van der Waals surface area contributed by atoms with Crippen LogP contribution in [0.1, 0.15) is 38.3 Å². The van der Waals surface area contributed by atoms with Crippen molar-refractivity contribution in [2.45, 2.75) is 32.7 Å². The highest BCUT2D eigenvalue weighted by Crippen LogP contribution is 2.17. The lowest BCUT2D eigenvalue weighted by Crippen LogP contribution is -2.36. The molecule has 100 valence electrons. The number of amides is 1. The molecule has 0 radical (unpaired) electrons. The summed E-state index contributed by atoms with van der Waals surface area (Å²) in [5, 5.41) is 3.69. The van der Waals surface area contributed by atoms with Gasteiger partial charge in [0.1, 0.15) is 0 Å². The highest BCUT2D eigenvalue weighted by atomic mass is 35.5. The van der Waals surface area contributed by atoms with Gasteiger partial charge >= 0.3 is 0 Å². The van der Waals surface area contributed by atoms with E-state index in [-0.39, 0.29) is 17.9 Å². The molecule has 0 aliphatic carbocycles. The van der Waals surface area contributed by atoms with E-state index in [1.807, 2.05) is 31.2 Å². The van der Waals surface area contributed by atoms with E-state index >= 15 is 0 Å². The van der Waals surface area contributed by atoms with Gasteiger partial charge in [-0.15, -0.1) is 0 Å². The molecule has 0 aromatic heterocycles. The van der Waals surface area contributed by atoms with E-state index < -0.39 is 0 Å². The second-order valence-corrected chi connectivity index (χ2v) is 4.94. The minimum absolute atomic E-state index is 0.0272. The van der Waals surface area contributed by atoms with E-state index in [1.54, 1.807) is 0 Å². The fourth-order valence-corrected chi connectivity index (χ4v) is 2.00. The molecule has 1 rings (SSSR count). The lowest BCUT2D eigenvalue weighted by molar-refractivity contribution is -0.125. The molecule has 0 heterocycles. The predicted molar refractivity (Wildman–Crippen MR) is 75.5 cm³/mol. The predicted octanol–water partition coefficient (Wildman–Crippen LogP) is 2.89. The van der Waals surface area contributed by atoms with Gasteiger partial charge in [-0.3, -0.25) is 4.79 Å². The number of hydrogen-bond donors (Lipinski definition) is 2. The summed E-state index contributed by atoms with van der Waals surface area (Å²) in [7, 11) is 0. The summed E-state index contributed by atoms with van der Waals surface area (Å²) in [4.78, 5) is 12.0. The lowest BCUT2D eigenvalue weighted by atomic mass is 10.0. The van der Waals surface area contributed by atoms with Crippen molar-refractivity contribution in [1.82, 2.24) is 5.32 Å². The summed E-state index contributed by atoms with van der Waals surface area (Å²) < 4.78 is 0. The van der Waals surface area contributed by atoms with Crippen molar-refractivity contribution in [1.29, 1.82) is 0 Å². The van der Waals surface area contributed by atoms with Crippen LogP contribution in [0.25, 0.3) is 0 Å². The van der Waals surface area contributed by atoms with E-state index in [1.165, 1.54) is 0 Å². The maximum Gasteiger partial charge on any atom is 0.224 e. The summed E-state index contributed by atoms with van der Waals surface area (Å²) >= 11 is 5.83. The summed E-state index contributed by atoms with van der Waals surface area (Å²) in [6, 6.07) is 7.47. The fraction of sp³-hybridized carbons (Fsp3) is 0.500. The number of benzene rings is 1. The molecule has 3 nitrogen and oxygen atoms in total. The first-order valence-corrected chi connectivity index (χ1v) is 6.72. The van der Waals surface area contributed by atoms with Gasteiger partial charge in [-0.05, 0) is 31.0 Å². The molecule has 4 heteroatoms. The summed E-state index contributed by atoms with van der Waals surface area (Å²) in [6.07, 6.45) is 1.79. The molecule has 1 unspecified atom stereocenters. The third-order valence-electron chi connectivity index (χ3n) is 3.02. The van der Waals surface area contributed by atoms with Crippen LogP contribution < -0.4 is 11.1 Å². The van der Waals surface area contributed by atoms with Crippen molar-refractivity contribution < 1.29 is 4.79 Å². The Balaban J connectivity index is 2.60. The first-order valence-electron chi connectivity index (χ1n) is 6.34. The monoisotopic (exact) mass is 268 g/mol. The number of nitrogens with one attached hydrogen (secondary N) is 1. The molecule has 0 aliphatic rings. The molecule has 1 aromatic carbocycles. The van der Waals surface area contributed by atoms with Crippen LogP contribution in [0.15, 0.2) is 24.3 Å². The zero-order chi connectivity index (χ0) is 13.5. The van der Waals surface area contributed by atoms with Crippen LogP contribution in [-0.4, -0.2) is 12.5 Å². The molecule has 0 spiro atoms. The number of halogens is 1. The van der Waals surface area contributed by atoms with Crippen LogP contribution in [0, 0.1) is 5.92 Å². The van der Waals surface area contributed by atoms with Crippen molar-refractivity contribution in [3.8, 4) is 0 Å². The number of carbonyl (C=O) groups excluding carboxylic acids is 1. The fourth-order valence-electron chi connectivity index (χ4n) is 1.87. The standard InChI is InChI=1S/C14H21ClN2O/c1-3-4-12(9-16)14(18)17-10(2)11-5-7-13(15)8-6-11/h5-8,10,12H,3-4,9,16H2,1-2H3,(H,17,18)/t10-,12?/m0/s1. The van der Waals surface area contributed by atoms with E-state index in [0.717, 1.165) is 18.4 Å². The second kappa shape index (κ2) is 7.39. The maximum atomic E-state index is 12.0. The first kappa shape index (κ1) is 15.0. The highest BCUT2D eigenvalue weighted by Gasteiger charge is 2.18. The maximum absolute atomic E-state index is 12.0. The lowest BCUT2D eigenvalue weighted by Gasteiger charge is -2.19. The molecule has 2 atom stereocenters. The molecule has 0 fully saturated rings. The molecule has 0 saturated heterocycles. The van der Waals surface area contributed by atoms with E-state index in [9.17, 15) is 4.79 Å². The molecular formula is C14H21ClN2O. The van der Waals surface area contributed by atoms with Crippen LogP contribution >= 0.6 is 11.6 Å². The van der Waals surface area contributed by atoms with Crippen molar-refractivity contribution >= 4 is 17.5 Å². The Kier molecular flexibility index (Phi) is 6.16. The average Bonchev–Trinajstić information content (AvgIpc) is 2.36. The van der Waals surface area contributed by atoms with Crippen molar-refractivity contribution in [3.05, 3.63) is 34.9 Å². The summed E-state index contributed by atoms with van der Waals surface area (Å²) in [5.41, 5.74) is 6.66. The van der Waals surface area contributed by atoms with Gasteiger partial charge in [0.2, 0.25) is 5.91 Å². The van der Waals surface area contributed by atoms with Crippen molar-refractivity contribution in [3.63, 3.8) is 0 Å². The Morgan fingerprint density at radius 1 is 1.39 bits per heavy atom. The van der Waals surface area contributed by atoms with Crippen LogP contribution in [0.3, 0.4) is 0 Å². The normalized spacial score (nSPS) is 14.0. The molecule has 3 N–H and O–H groups in total. The van der Waals surface area contributed by atoms with E-state index in [0.29, 0.717) is 11.6 Å². The Morgan fingerprint density at radius 3 is 2.50 bits per heavy atom. The Hall–Kier alpha value is -1.06.